The third-order valence-corrected chi connectivity index (χ3v) is 4.34. The van der Waals surface area contributed by atoms with E-state index in [0.717, 1.165) is 19.5 Å². The number of fused-ring (bicyclic) bond motifs is 1. The van der Waals surface area contributed by atoms with E-state index in [4.69, 9.17) is 0 Å². The van der Waals surface area contributed by atoms with Gasteiger partial charge in [-0.25, -0.2) is 0 Å². The lowest BCUT2D eigenvalue weighted by Gasteiger charge is -2.26. The van der Waals surface area contributed by atoms with Gasteiger partial charge in [0.1, 0.15) is 0 Å². The smallest absolute Gasteiger partial charge is 0.222 e. The highest BCUT2D eigenvalue weighted by Crippen LogP contribution is 2.35. The molecule has 0 spiro atoms. The Hall–Kier alpha value is -1.55. The number of β-amino-alcohol motifs (C(OH)–C–C–N with tert-alkyl or cyclic N) is 1. The van der Waals surface area contributed by atoms with Crippen LogP contribution in [0.5, 0.6) is 0 Å². The van der Waals surface area contributed by atoms with Gasteiger partial charge in [-0.05, 0) is 18.1 Å². The predicted octanol–water partition coefficient (Wildman–Crippen LogP) is 1.59. The first kappa shape index (κ1) is 13.4. The van der Waals surface area contributed by atoms with Crippen molar-refractivity contribution in [3.8, 4) is 0 Å². The molecule has 1 aromatic rings. The third-order valence-electron chi connectivity index (χ3n) is 4.34. The maximum absolute atomic E-state index is 11.6. The van der Waals surface area contributed by atoms with E-state index in [9.17, 15) is 9.90 Å². The third kappa shape index (κ3) is 2.52. The minimum Gasteiger partial charge on any atom is -0.389 e. The zero-order chi connectivity index (χ0) is 14.1. The Labute approximate surface area is 120 Å². The van der Waals surface area contributed by atoms with Crippen LogP contribution in [0.4, 0.5) is 5.69 Å². The average molecular weight is 274 g/mol. The van der Waals surface area contributed by atoms with Gasteiger partial charge in [-0.1, -0.05) is 25.1 Å². The van der Waals surface area contributed by atoms with Crippen LogP contribution in [0, 0.1) is 0 Å². The van der Waals surface area contributed by atoms with Crippen LogP contribution in [-0.2, 0) is 4.79 Å². The number of rotatable bonds is 4. The minimum atomic E-state index is -0.476. The topological polar surface area (TPSA) is 43.8 Å². The zero-order valence-corrected chi connectivity index (χ0v) is 12.0. The number of nitrogens with zero attached hydrogens (tertiary/aromatic N) is 2. The highest BCUT2D eigenvalue weighted by molar-refractivity contribution is 5.78. The normalized spacial score (nSPS) is 23.3. The van der Waals surface area contributed by atoms with Gasteiger partial charge in [-0.15, -0.1) is 0 Å². The SMILES string of the molecule is CC1CN(CC(O)CN2CCCC2=O)c2ccccc21. The molecule has 1 aromatic carbocycles. The molecule has 20 heavy (non-hydrogen) atoms. The molecule has 4 heteroatoms. The van der Waals surface area contributed by atoms with Crippen LogP contribution in [0.25, 0.3) is 0 Å². The summed E-state index contributed by atoms with van der Waals surface area (Å²) in [6, 6.07) is 8.39. The molecule has 1 saturated heterocycles. The van der Waals surface area contributed by atoms with Gasteiger partial charge in [-0.2, -0.15) is 0 Å². The molecule has 2 unspecified atom stereocenters. The Morgan fingerprint density at radius 3 is 2.80 bits per heavy atom. The Bertz CT molecular complexity index is 503. The number of hydrogen-bond donors (Lipinski definition) is 1. The maximum atomic E-state index is 11.6. The molecule has 0 bridgehead atoms. The number of likely N-dealkylation sites (tertiary alicyclic amines) is 1. The molecule has 2 heterocycles. The number of aliphatic hydroxyl groups excluding tert-OH is 1. The molecule has 0 radical (unpaired) electrons. The molecule has 1 N–H and O–H groups in total. The number of aliphatic hydroxyl groups is 1. The van der Waals surface area contributed by atoms with Crippen LogP contribution >= 0.6 is 0 Å². The second kappa shape index (κ2) is 5.44. The van der Waals surface area contributed by atoms with Crippen molar-refractivity contribution in [1.82, 2.24) is 4.90 Å². The van der Waals surface area contributed by atoms with Crippen LogP contribution in [-0.4, -0.2) is 48.2 Å². The lowest BCUT2D eigenvalue weighted by Crippen LogP contribution is -2.40. The van der Waals surface area contributed by atoms with Crippen molar-refractivity contribution in [1.29, 1.82) is 0 Å². The summed E-state index contributed by atoms with van der Waals surface area (Å²) in [5.74, 6) is 0.686. The lowest BCUT2D eigenvalue weighted by atomic mass is 10.0. The fourth-order valence-corrected chi connectivity index (χ4v) is 3.36. The molecule has 1 amide bonds. The quantitative estimate of drug-likeness (QED) is 0.907. The molecule has 2 aliphatic heterocycles. The zero-order valence-electron chi connectivity index (χ0n) is 12.0. The van der Waals surface area contributed by atoms with Gasteiger partial charge in [0, 0.05) is 44.2 Å². The Balaban J connectivity index is 1.62. The molecule has 108 valence electrons. The van der Waals surface area contributed by atoms with Gasteiger partial charge < -0.3 is 14.9 Å². The van der Waals surface area contributed by atoms with Crippen LogP contribution in [0.15, 0.2) is 24.3 Å². The molecule has 0 saturated carbocycles. The molecule has 4 nitrogen and oxygen atoms in total. The maximum Gasteiger partial charge on any atom is 0.222 e. The van der Waals surface area contributed by atoms with E-state index in [0.29, 0.717) is 25.4 Å². The van der Waals surface area contributed by atoms with Crippen molar-refractivity contribution in [3.63, 3.8) is 0 Å². The number of carbonyl (C=O) groups excluding carboxylic acids is 1. The Morgan fingerprint density at radius 1 is 1.30 bits per heavy atom. The van der Waals surface area contributed by atoms with Crippen LogP contribution in [0.3, 0.4) is 0 Å². The van der Waals surface area contributed by atoms with Gasteiger partial charge >= 0.3 is 0 Å². The molecule has 3 rings (SSSR count). The van der Waals surface area contributed by atoms with E-state index in [1.165, 1.54) is 11.3 Å². The van der Waals surface area contributed by atoms with Crippen LogP contribution in [0.1, 0.15) is 31.2 Å². The molecule has 2 atom stereocenters. The Morgan fingerprint density at radius 2 is 2.05 bits per heavy atom. The fourth-order valence-electron chi connectivity index (χ4n) is 3.36. The van der Waals surface area contributed by atoms with Gasteiger partial charge in [0.25, 0.3) is 0 Å². The number of para-hydroxylation sites is 1. The summed E-state index contributed by atoms with van der Waals surface area (Å²) in [5, 5.41) is 10.3. The summed E-state index contributed by atoms with van der Waals surface area (Å²) in [5.41, 5.74) is 2.59. The van der Waals surface area contributed by atoms with Gasteiger partial charge in [0.15, 0.2) is 0 Å². The van der Waals surface area contributed by atoms with Crippen molar-refractivity contribution in [2.75, 3.05) is 31.1 Å². The highest BCUT2D eigenvalue weighted by atomic mass is 16.3. The summed E-state index contributed by atoms with van der Waals surface area (Å²) >= 11 is 0. The fraction of sp³-hybridized carbons (Fsp3) is 0.562. The Kier molecular flexibility index (Phi) is 3.66. The van der Waals surface area contributed by atoms with Crippen molar-refractivity contribution in [3.05, 3.63) is 29.8 Å². The summed E-state index contributed by atoms with van der Waals surface area (Å²) < 4.78 is 0. The van der Waals surface area contributed by atoms with Crippen LogP contribution < -0.4 is 4.90 Å². The monoisotopic (exact) mass is 274 g/mol. The molecule has 2 aliphatic rings. The number of carbonyl (C=O) groups is 1. The second-order valence-corrected chi connectivity index (χ2v) is 5.96. The van der Waals surface area contributed by atoms with Crippen molar-refractivity contribution < 1.29 is 9.90 Å². The van der Waals surface area contributed by atoms with E-state index in [1.807, 2.05) is 6.07 Å². The first-order valence-electron chi connectivity index (χ1n) is 7.45. The van der Waals surface area contributed by atoms with Gasteiger partial charge in [0.05, 0.1) is 6.10 Å². The molecule has 1 fully saturated rings. The number of amides is 1. The van der Waals surface area contributed by atoms with E-state index in [2.05, 4.69) is 30.0 Å². The van der Waals surface area contributed by atoms with Crippen molar-refractivity contribution in [2.45, 2.75) is 31.8 Å². The average Bonchev–Trinajstić information content (AvgIpc) is 2.96. The highest BCUT2D eigenvalue weighted by Gasteiger charge is 2.28. The van der Waals surface area contributed by atoms with Gasteiger partial charge in [-0.3, -0.25) is 4.79 Å². The summed E-state index contributed by atoms with van der Waals surface area (Å²) in [6.45, 7) is 5.03. The van der Waals surface area contributed by atoms with E-state index >= 15 is 0 Å². The van der Waals surface area contributed by atoms with Crippen LogP contribution in [0.2, 0.25) is 0 Å². The summed E-state index contributed by atoms with van der Waals surface area (Å²) in [6.07, 6.45) is 1.08. The van der Waals surface area contributed by atoms with E-state index in [1.54, 1.807) is 4.90 Å². The first-order valence-corrected chi connectivity index (χ1v) is 7.45. The van der Waals surface area contributed by atoms with Gasteiger partial charge in [0.2, 0.25) is 5.91 Å². The van der Waals surface area contributed by atoms with E-state index < -0.39 is 6.10 Å². The standard InChI is InChI=1S/C16H22N2O2/c1-12-9-18(15-6-3-2-5-14(12)15)11-13(19)10-17-8-4-7-16(17)20/h2-3,5-6,12-13,19H,4,7-11H2,1H3. The summed E-state index contributed by atoms with van der Waals surface area (Å²) in [7, 11) is 0. The molecular formula is C16H22N2O2. The molecule has 0 aliphatic carbocycles. The number of anilines is 1. The van der Waals surface area contributed by atoms with Crippen molar-refractivity contribution in [2.24, 2.45) is 0 Å². The number of benzene rings is 1. The molecule has 0 aromatic heterocycles. The largest absolute Gasteiger partial charge is 0.389 e. The summed E-state index contributed by atoms with van der Waals surface area (Å²) in [4.78, 5) is 15.6. The lowest BCUT2D eigenvalue weighted by molar-refractivity contribution is -0.128. The second-order valence-electron chi connectivity index (χ2n) is 5.96. The molecular weight excluding hydrogens is 252 g/mol. The van der Waals surface area contributed by atoms with Crippen molar-refractivity contribution >= 4 is 11.6 Å². The first-order chi connectivity index (χ1) is 9.65. The van der Waals surface area contributed by atoms with E-state index in [-0.39, 0.29) is 5.91 Å². The predicted molar refractivity (Wildman–Crippen MR) is 78.9 cm³/mol. The minimum absolute atomic E-state index is 0.180. The number of hydrogen-bond acceptors (Lipinski definition) is 3.